The first kappa shape index (κ1) is 26.8. The Balaban J connectivity index is 1.86. The van der Waals surface area contributed by atoms with Crippen LogP contribution in [0, 0.1) is 6.92 Å². The molecule has 1 saturated heterocycles. The molecular weight excluding hydrogens is 480 g/mol. The molecule has 0 aliphatic carbocycles. The number of benzene rings is 3. The van der Waals surface area contributed by atoms with Crippen LogP contribution in [0.15, 0.2) is 72.3 Å². The highest BCUT2D eigenvalue weighted by Gasteiger charge is 2.47. The lowest BCUT2D eigenvalue weighted by Gasteiger charge is -2.26. The molecule has 1 amide bonds. The number of hydrogen-bond donors (Lipinski definition) is 1. The summed E-state index contributed by atoms with van der Waals surface area (Å²) < 4.78 is 11.4. The van der Waals surface area contributed by atoms with E-state index in [-0.39, 0.29) is 17.4 Å². The van der Waals surface area contributed by atoms with Gasteiger partial charge in [-0.2, -0.15) is 0 Å². The number of Topliss-reactive ketones (excluding diaryl/α,β-unsaturated/α-hetero) is 1. The topological polar surface area (TPSA) is 79.3 Å². The second kappa shape index (κ2) is 11.0. The van der Waals surface area contributed by atoms with E-state index >= 15 is 0 Å². The molecule has 1 aliphatic heterocycles. The van der Waals surface area contributed by atoms with E-state index in [9.17, 15) is 14.7 Å². The van der Waals surface area contributed by atoms with Gasteiger partial charge in [-0.3, -0.25) is 14.5 Å². The van der Waals surface area contributed by atoms with E-state index in [1.165, 1.54) is 4.90 Å². The van der Waals surface area contributed by atoms with Crippen molar-refractivity contribution in [1.29, 1.82) is 0 Å². The third-order valence-electron chi connectivity index (χ3n) is 6.41. The number of nitrogens with zero attached hydrogens (tertiary/aromatic N) is 2. The fraction of sp³-hybridized carbons (Fsp3) is 0.290. The lowest BCUT2D eigenvalue weighted by atomic mass is 9.94. The molecule has 0 bridgehead atoms. The van der Waals surface area contributed by atoms with E-state index in [1.807, 2.05) is 71.0 Å². The first-order valence-corrected chi connectivity index (χ1v) is 12.7. The van der Waals surface area contributed by atoms with E-state index in [0.29, 0.717) is 34.9 Å². The molecule has 7 heteroatoms. The predicted octanol–water partition coefficient (Wildman–Crippen LogP) is 5.87. The summed E-state index contributed by atoms with van der Waals surface area (Å²) in [4.78, 5) is 30.3. The Morgan fingerprint density at radius 1 is 1.00 bits per heavy atom. The fourth-order valence-electron chi connectivity index (χ4n) is 4.58. The van der Waals surface area contributed by atoms with Gasteiger partial charge in [0.15, 0.2) is 0 Å². The number of rotatable bonds is 8. The molecule has 0 aromatic heterocycles. The maximum atomic E-state index is 13.5. The van der Waals surface area contributed by atoms with Gasteiger partial charge in [0, 0.05) is 31.0 Å². The van der Waals surface area contributed by atoms with Crippen molar-refractivity contribution in [2.75, 3.05) is 30.5 Å². The molecule has 4 rings (SSSR count). The van der Waals surface area contributed by atoms with Crippen LogP contribution < -0.4 is 19.3 Å². The fourth-order valence-corrected chi connectivity index (χ4v) is 4.58. The third-order valence-corrected chi connectivity index (χ3v) is 6.41. The highest BCUT2D eigenvalue weighted by molar-refractivity contribution is 6.51. The van der Waals surface area contributed by atoms with Crippen molar-refractivity contribution >= 4 is 28.8 Å². The Kier molecular flexibility index (Phi) is 7.76. The number of ether oxygens (including phenoxy) is 2. The van der Waals surface area contributed by atoms with Crippen LogP contribution in [0.5, 0.6) is 11.5 Å². The minimum atomic E-state index is -0.809. The number of hydrogen-bond acceptors (Lipinski definition) is 6. The number of carbonyl (C=O) groups excluding carboxylic acids is 2. The van der Waals surface area contributed by atoms with Crippen LogP contribution in [-0.2, 0) is 9.59 Å². The molecule has 0 saturated carbocycles. The average Bonchev–Trinajstić information content (AvgIpc) is 3.15. The van der Waals surface area contributed by atoms with Gasteiger partial charge in [0.2, 0.25) is 0 Å². The van der Waals surface area contributed by atoms with E-state index in [2.05, 4.69) is 0 Å². The summed E-state index contributed by atoms with van der Waals surface area (Å²) >= 11 is 0. The quantitative estimate of drug-likeness (QED) is 0.230. The number of ketones is 1. The molecule has 1 aliphatic rings. The second-order valence-corrected chi connectivity index (χ2v) is 9.73. The number of aryl methyl sites for hydroxylation is 1. The van der Waals surface area contributed by atoms with Crippen molar-refractivity contribution in [3.63, 3.8) is 0 Å². The minimum Gasteiger partial charge on any atom is -0.507 e. The molecule has 3 aromatic carbocycles. The van der Waals surface area contributed by atoms with Crippen molar-refractivity contribution in [1.82, 2.24) is 0 Å². The SMILES string of the molecule is CCOc1ccc(N2C(=O)C(=O)/C(=C(\O)c3ccc(OC(C)C)c(C)c3)C2c2ccc(N(C)C)cc2)cc1. The molecule has 1 atom stereocenters. The van der Waals surface area contributed by atoms with Gasteiger partial charge in [-0.05, 0) is 93.4 Å². The Bertz CT molecular complexity index is 1360. The minimum absolute atomic E-state index is 0.00211. The highest BCUT2D eigenvalue weighted by atomic mass is 16.5. The van der Waals surface area contributed by atoms with Crippen molar-refractivity contribution in [3.05, 3.63) is 89.0 Å². The average molecular weight is 515 g/mol. The summed E-state index contributed by atoms with van der Waals surface area (Å²) in [6.07, 6.45) is -0.00211. The molecule has 0 radical (unpaired) electrons. The van der Waals surface area contributed by atoms with Crippen molar-refractivity contribution < 1.29 is 24.2 Å². The Morgan fingerprint density at radius 2 is 1.66 bits per heavy atom. The van der Waals surface area contributed by atoms with Gasteiger partial charge in [0.05, 0.1) is 24.3 Å². The lowest BCUT2D eigenvalue weighted by molar-refractivity contribution is -0.132. The Hall–Kier alpha value is -4.26. The van der Waals surface area contributed by atoms with Crippen molar-refractivity contribution in [2.45, 2.75) is 39.8 Å². The van der Waals surface area contributed by atoms with Gasteiger partial charge >= 0.3 is 0 Å². The zero-order valence-electron chi connectivity index (χ0n) is 22.7. The maximum absolute atomic E-state index is 13.5. The van der Waals surface area contributed by atoms with Crippen LogP contribution in [-0.4, -0.2) is 43.6 Å². The Morgan fingerprint density at radius 3 is 2.21 bits per heavy atom. The highest BCUT2D eigenvalue weighted by Crippen LogP contribution is 2.43. The standard InChI is InChI=1S/C31H34N2O5/c1-7-37-25-15-13-24(14-16-25)33-28(21-8-11-23(12-9-21)32(5)6)27(30(35)31(33)36)29(34)22-10-17-26(20(4)18-22)38-19(2)3/h8-19,28,34H,7H2,1-6H3/b29-27-. The van der Waals surface area contributed by atoms with Gasteiger partial charge in [0.1, 0.15) is 17.3 Å². The zero-order chi connectivity index (χ0) is 27.6. The number of aliphatic hydroxyl groups excluding tert-OH is 1. The van der Waals surface area contributed by atoms with Gasteiger partial charge in [-0.15, -0.1) is 0 Å². The molecule has 38 heavy (non-hydrogen) atoms. The molecular formula is C31H34N2O5. The number of aliphatic hydroxyl groups is 1. The van der Waals surface area contributed by atoms with E-state index in [4.69, 9.17) is 9.47 Å². The first-order valence-electron chi connectivity index (χ1n) is 12.7. The lowest BCUT2D eigenvalue weighted by Crippen LogP contribution is -2.29. The largest absolute Gasteiger partial charge is 0.507 e. The molecule has 7 nitrogen and oxygen atoms in total. The van der Waals surface area contributed by atoms with Crippen LogP contribution in [0.2, 0.25) is 0 Å². The van der Waals surface area contributed by atoms with Crippen LogP contribution in [0.4, 0.5) is 11.4 Å². The van der Waals surface area contributed by atoms with Gasteiger partial charge in [-0.1, -0.05) is 12.1 Å². The number of anilines is 2. The van der Waals surface area contributed by atoms with E-state index in [1.54, 1.807) is 42.5 Å². The summed E-state index contributed by atoms with van der Waals surface area (Å²) in [7, 11) is 3.88. The summed E-state index contributed by atoms with van der Waals surface area (Å²) in [6.45, 7) is 8.18. The summed E-state index contributed by atoms with van der Waals surface area (Å²) in [5.74, 6) is -0.300. The third kappa shape index (κ3) is 5.23. The van der Waals surface area contributed by atoms with Crippen LogP contribution >= 0.6 is 0 Å². The molecule has 1 unspecified atom stereocenters. The van der Waals surface area contributed by atoms with E-state index in [0.717, 1.165) is 11.3 Å². The monoisotopic (exact) mass is 514 g/mol. The summed E-state index contributed by atoms with van der Waals surface area (Å²) in [5, 5.41) is 11.5. The number of amides is 1. The van der Waals surface area contributed by atoms with Gasteiger partial charge in [0.25, 0.3) is 11.7 Å². The Labute approximate surface area is 223 Å². The first-order chi connectivity index (χ1) is 18.1. The normalized spacial score (nSPS) is 16.7. The molecule has 3 aromatic rings. The molecule has 198 valence electrons. The summed E-state index contributed by atoms with van der Waals surface area (Å²) in [6, 6.07) is 19.1. The second-order valence-electron chi connectivity index (χ2n) is 9.73. The van der Waals surface area contributed by atoms with E-state index < -0.39 is 17.7 Å². The van der Waals surface area contributed by atoms with Crippen molar-refractivity contribution in [3.8, 4) is 11.5 Å². The molecule has 1 fully saturated rings. The van der Waals surface area contributed by atoms with Crippen LogP contribution in [0.3, 0.4) is 0 Å². The maximum Gasteiger partial charge on any atom is 0.300 e. The van der Waals surface area contributed by atoms with Crippen molar-refractivity contribution in [2.24, 2.45) is 0 Å². The smallest absolute Gasteiger partial charge is 0.300 e. The zero-order valence-corrected chi connectivity index (χ0v) is 22.7. The predicted molar refractivity (Wildman–Crippen MR) is 150 cm³/mol. The molecule has 1 N–H and O–H groups in total. The van der Waals surface area contributed by atoms with Crippen LogP contribution in [0.1, 0.15) is 43.5 Å². The van der Waals surface area contributed by atoms with Gasteiger partial charge in [-0.25, -0.2) is 0 Å². The molecule has 1 heterocycles. The molecule has 0 spiro atoms. The van der Waals surface area contributed by atoms with Crippen LogP contribution in [0.25, 0.3) is 5.76 Å². The number of carbonyl (C=O) groups is 2. The van der Waals surface area contributed by atoms with Gasteiger partial charge < -0.3 is 19.5 Å². The summed E-state index contributed by atoms with van der Waals surface area (Å²) in [5.41, 5.74) is 3.52.